The molecule has 0 saturated heterocycles. The van der Waals surface area contributed by atoms with E-state index >= 15 is 0 Å². The Morgan fingerprint density at radius 3 is 2.27 bits per heavy atom. The number of benzene rings is 2. The van der Waals surface area contributed by atoms with Crippen molar-refractivity contribution in [2.24, 2.45) is 10.8 Å². The summed E-state index contributed by atoms with van der Waals surface area (Å²) in [6.07, 6.45) is -1.73. The Kier molecular flexibility index (Phi) is 5.55. The number of aromatic nitrogens is 2. The van der Waals surface area contributed by atoms with Gasteiger partial charge >= 0.3 is 6.36 Å². The third kappa shape index (κ3) is 5.24. The van der Waals surface area contributed by atoms with Crippen LogP contribution >= 0.6 is 0 Å². The number of imidazole rings is 1. The molecular formula is C25H27F3N4O. The zero-order chi connectivity index (χ0) is 24.0. The molecule has 0 amide bonds. The van der Waals surface area contributed by atoms with E-state index < -0.39 is 6.36 Å². The first-order chi connectivity index (χ1) is 15.3. The Hall–Kier alpha value is -3.21. The second kappa shape index (κ2) is 7.98. The first-order valence-electron chi connectivity index (χ1n) is 10.9. The average molecular weight is 457 g/mol. The van der Waals surface area contributed by atoms with Gasteiger partial charge in [-0.1, -0.05) is 27.7 Å². The van der Waals surface area contributed by atoms with Crippen LogP contribution < -0.4 is 10.1 Å². The summed E-state index contributed by atoms with van der Waals surface area (Å²) in [4.78, 5) is 4.77. The molecule has 0 aliphatic heterocycles. The minimum atomic E-state index is -4.73. The Bertz CT molecular complexity index is 1190. The van der Waals surface area contributed by atoms with Crippen LogP contribution in [0.2, 0.25) is 0 Å². The first-order valence-corrected chi connectivity index (χ1v) is 10.9. The third-order valence-electron chi connectivity index (χ3n) is 6.06. The predicted molar refractivity (Wildman–Crippen MR) is 121 cm³/mol. The lowest BCUT2D eigenvalue weighted by atomic mass is 9.63. The van der Waals surface area contributed by atoms with Crippen LogP contribution in [0.25, 0.3) is 11.0 Å². The largest absolute Gasteiger partial charge is 0.573 e. The summed E-state index contributed by atoms with van der Waals surface area (Å²) < 4.78 is 43.6. The van der Waals surface area contributed by atoms with E-state index in [1.54, 1.807) is 6.07 Å². The molecule has 1 aliphatic carbocycles. The average Bonchev–Trinajstić information content (AvgIpc) is 3.02. The monoisotopic (exact) mass is 456 g/mol. The zero-order valence-electron chi connectivity index (χ0n) is 19.1. The maximum Gasteiger partial charge on any atom is 0.573 e. The zero-order valence-corrected chi connectivity index (χ0v) is 19.1. The number of halogens is 3. The molecule has 0 bridgehead atoms. The van der Waals surface area contributed by atoms with Crippen molar-refractivity contribution in [3.8, 4) is 11.8 Å². The number of hydrogen-bond donors (Lipinski definition) is 1. The molecule has 1 fully saturated rings. The fourth-order valence-corrected chi connectivity index (χ4v) is 5.46. The summed E-state index contributed by atoms with van der Waals surface area (Å²) in [6, 6.07) is 13.4. The van der Waals surface area contributed by atoms with Crippen LogP contribution in [-0.4, -0.2) is 15.9 Å². The number of nitrogens with zero attached hydrogens (tertiary/aromatic N) is 3. The molecule has 1 N–H and O–H groups in total. The fourth-order valence-electron chi connectivity index (χ4n) is 5.46. The highest BCUT2D eigenvalue weighted by Crippen LogP contribution is 2.51. The van der Waals surface area contributed by atoms with E-state index in [0.717, 1.165) is 30.3 Å². The van der Waals surface area contributed by atoms with E-state index in [0.29, 0.717) is 17.2 Å². The number of nitriles is 1. The number of nitrogens with one attached hydrogen (secondary N) is 1. The fraction of sp³-hybridized carbons (Fsp3) is 0.440. The van der Waals surface area contributed by atoms with Gasteiger partial charge in [0.2, 0.25) is 5.95 Å². The molecule has 0 atom stereocenters. The molecule has 0 radical (unpaired) electrons. The summed E-state index contributed by atoms with van der Waals surface area (Å²) in [6.45, 7) is 9.08. The minimum Gasteiger partial charge on any atom is -0.406 e. The molecule has 2 aromatic carbocycles. The number of rotatable bonds is 4. The van der Waals surface area contributed by atoms with Crippen LogP contribution in [0.15, 0.2) is 42.5 Å². The molecule has 4 rings (SSSR count). The Labute approximate surface area is 191 Å². The van der Waals surface area contributed by atoms with E-state index in [-0.39, 0.29) is 22.6 Å². The third-order valence-corrected chi connectivity index (χ3v) is 6.06. The number of ether oxygens (including phenoxy) is 1. The number of anilines is 2. The molecule has 174 valence electrons. The van der Waals surface area contributed by atoms with E-state index in [4.69, 9.17) is 4.98 Å². The van der Waals surface area contributed by atoms with Gasteiger partial charge in [0, 0.05) is 11.7 Å². The highest BCUT2D eigenvalue weighted by atomic mass is 19.4. The van der Waals surface area contributed by atoms with Crippen molar-refractivity contribution >= 4 is 22.7 Å². The molecule has 0 spiro atoms. The predicted octanol–water partition coefficient (Wildman–Crippen LogP) is 7.33. The second-order valence-electron chi connectivity index (χ2n) is 10.4. The molecule has 5 nitrogen and oxygen atoms in total. The normalized spacial score (nSPS) is 18.1. The Morgan fingerprint density at radius 1 is 1.06 bits per heavy atom. The van der Waals surface area contributed by atoms with Gasteiger partial charge in [0.05, 0.1) is 22.7 Å². The van der Waals surface area contributed by atoms with Crippen molar-refractivity contribution in [3.63, 3.8) is 0 Å². The van der Waals surface area contributed by atoms with Gasteiger partial charge < -0.3 is 14.6 Å². The number of alkyl halides is 3. The molecule has 1 saturated carbocycles. The van der Waals surface area contributed by atoms with E-state index in [2.05, 4.69) is 48.4 Å². The smallest absolute Gasteiger partial charge is 0.406 e. The maximum atomic E-state index is 12.5. The van der Waals surface area contributed by atoms with E-state index in [1.165, 1.54) is 24.3 Å². The van der Waals surface area contributed by atoms with Crippen molar-refractivity contribution in [2.75, 3.05) is 5.32 Å². The molecule has 33 heavy (non-hydrogen) atoms. The summed E-state index contributed by atoms with van der Waals surface area (Å²) in [5.74, 6) is 0.319. The van der Waals surface area contributed by atoms with E-state index in [1.807, 2.05) is 12.1 Å². The molecule has 0 unspecified atom stereocenters. The van der Waals surface area contributed by atoms with Crippen LogP contribution in [-0.2, 0) is 0 Å². The van der Waals surface area contributed by atoms with Gasteiger partial charge in [0.15, 0.2) is 0 Å². The Balaban J connectivity index is 1.75. The van der Waals surface area contributed by atoms with Gasteiger partial charge in [-0.05, 0) is 72.6 Å². The van der Waals surface area contributed by atoms with Crippen LogP contribution in [0.5, 0.6) is 5.75 Å². The molecule has 8 heteroatoms. The topological polar surface area (TPSA) is 62.9 Å². The van der Waals surface area contributed by atoms with Crippen molar-refractivity contribution in [1.82, 2.24) is 9.55 Å². The van der Waals surface area contributed by atoms with Gasteiger partial charge in [-0.15, -0.1) is 13.2 Å². The van der Waals surface area contributed by atoms with Crippen molar-refractivity contribution in [2.45, 2.75) is 59.4 Å². The van der Waals surface area contributed by atoms with Crippen LogP contribution in [0, 0.1) is 22.2 Å². The quantitative estimate of drug-likeness (QED) is 0.446. The van der Waals surface area contributed by atoms with Crippen LogP contribution in [0.1, 0.15) is 58.6 Å². The summed E-state index contributed by atoms with van der Waals surface area (Å²) in [5.41, 5.74) is 3.03. The minimum absolute atomic E-state index is 0.129. The highest BCUT2D eigenvalue weighted by molar-refractivity contribution is 5.81. The van der Waals surface area contributed by atoms with Gasteiger partial charge in [-0.25, -0.2) is 4.98 Å². The lowest BCUT2D eigenvalue weighted by molar-refractivity contribution is -0.274. The van der Waals surface area contributed by atoms with Crippen LogP contribution in [0.3, 0.4) is 0 Å². The number of fused-ring (bicyclic) bond motifs is 1. The van der Waals surface area contributed by atoms with Gasteiger partial charge in [-0.3, -0.25) is 0 Å². The molecule has 1 aliphatic rings. The standard InChI is InChI=1S/C25H27F3N4O/c1-23(2)12-18(13-24(3,4)15-23)32-21-11-16(14-29)5-10-20(21)31-22(32)30-17-6-8-19(9-7-17)33-25(26,27)28/h5-11,18H,12-13,15H2,1-4H3,(H,30,31). The summed E-state index contributed by atoms with van der Waals surface area (Å²) in [7, 11) is 0. The Morgan fingerprint density at radius 2 is 1.70 bits per heavy atom. The van der Waals surface area contributed by atoms with Crippen molar-refractivity contribution in [1.29, 1.82) is 5.26 Å². The second-order valence-corrected chi connectivity index (χ2v) is 10.4. The van der Waals surface area contributed by atoms with Crippen molar-refractivity contribution in [3.05, 3.63) is 48.0 Å². The summed E-state index contributed by atoms with van der Waals surface area (Å²) >= 11 is 0. The van der Waals surface area contributed by atoms with Gasteiger partial charge in [-0.2, -0.15) is 5.26 Å². The molecule has 1 heterocycles. The SMILES string of the molecule is CC1(C)CC(n2c(Nc3ccc(OC(F)(F)F)cc3)nc3ccc(C#N)cc32)CC(C)(C)C1. The number of hydrogen-bond acceptors (Lipinski definition) is 4. The lowest BCUT2D eigenvalue weighted by Gasteiger charge is -2.45. The molecule has 1 aromatic heterocycles. The molecular weight excluding hydrogens is 429 g/mol. The maximum absolute atomic E-state index is 12.5. The van der Waals surface area contributed by atoms with Gasteiger partial charge in [0.25, 0.3) is 0 Å². The van der Waals surface area contributed by atoms with Crippen LogP contribution in [0.4, 0.5) is 24.8 Å². The summed E-state index contributed by atoms with van der Waals surface area (Å²) in [5, 5.41) is 12.7. The highest BCUT2D eigenvalue weighted by Gasteiger charge is 2.40. The molecule has 3 aromatic rings. The van der Waals surface area contributed by atoms with E-state index in [9.17, 15) is 18.4 Å². The van der Waals surface area contributed by atoms with Gasteiger partial charge in [0.1, 0.15) is 5.75 Å². The van der Waals surface area contributed by atoms with Crippen molar-refractivity contribution < 1.29 is 17.9 Å². The lowest BCUT2D eigenvalue weighted by Crippen LogP contribution is -2.35. The first kappa shape index (κ1) is 23.0.